The molecule has 3 aromatic rings. The van der Waals surface area contributed by atoms with Crippen molar-refractivity contribution in [3.8, 4) is 0 Å². The summed E-state index contributed by atoms with van der Waals surface area (Å²) >= 11 is 1.26. The Hall–Kier alpha value is -2.87. The van der Waals surface area contributed by atoms with Crippen molar-refractivity contribution < 1.29 is 21.6 Å². The maximum absolute atomic E-state index is 12.1. The van der Waals surface area contributed by atoms with Gasteiger partial charge in [-0.2, -0.15) is 3.71 Å². The standard InChI is InChI=1S/C22H25N5O5S3/c1-34(28,29)27(35(2,30)31)19-4-3-5-20(16-19)33-21-10-11-23-22(25-21)24-17-6-8-18(9-7-17)26-12-14-32-15-13-26/h3-11,16H,12-15H2,1-2H3,(H,23,24,25). The largest absolute Gasteiger partial charge is 0.378 e. The molecule has 0 aliphatic carbocycles. The molecule has 0 radical (unpaired) electrons. The molecule has 2 aromatic carbocycles. The summed E-state index contributed by atoms with van der Waals surface area (Å²) in [5, 5.41) is 3.79. The molecule has 2 heterocycles. The summed E-state index contributed by atoms with van der Waals surface area (Å²) in [5.41, 5.74) is 2.00. The Balaban J connectivity index is 1.49. The summed E-state index contributed by atoms with van der Waals surface area (Å²) in [6, 6.07) is 16.0. The molecule has 0 unspecified atom stereocenters. The highest BCUT2D eigenvalue weighted by Gasteiger charge is 2.27. The van der Waals surface area contributed by atoms with Crippen LogP contribution in [0.1, 0.15) is 0 Å². The van der Waals surface area contributed by atoms with E-state index < -0.39 is 20.0 Å². The van der Waals surface area contributed by atoms with Gasteiger partial charge in [0.15, 0.2) is 0 Å². The third-order valence-electron chi connectivity index (χ3n) is 4.98. The molecule has 35 heavy (non-hydrogen) atoms. The topological polar surface area (TPSA) is 122 Å². The van der Waals surface area contributed by atoms with Crippen LogP contribution in [0, 0.1) is 0 Å². The van der Waals surface area contributed by atoms with E-state index in [-0.39, 0.29) is 5.69 Å². The molecule has 0 bridgehead atoms. The van der Waals surface area contributed by atoms with E-state index in [1.54, 1.807) is 24.4 Å². The van der Waals surface area contributed by atoms with Gasteiger partial charge in [0.2, 0.25) is 26.0 Å². The van der Waals surface area contributed by atoms with Gasteiger partial charge in [-0.15, -0.1) is 0 Å². The number of aromatic nitrogens is 2. The molecule has 13 heteroatoms. The molecule has 1 saturated heterocycles. The number of nitrogens with one attached hydrogen (secondary N) is 1. The minimum Gasteiger partial charge on any atom is -0.378 e. The van der Waals surface area contributed by atoms with Crippen LogP contribution in [0.3, 0.4) is 0 Å². The van der Waals surface area contributed by atoms with Crippen LogP contribution in [0.4, 0.5) is 23.0 Å². The summed E-state index contributed by atoms with van der Waals surface area (Å²) < 4.78 is 54.1. The highest BCUT2D eigenvalue weighted by molar-refractivity contribution is 8.09. The molecule has 1 N–H and O–H groups in total. The van der Waals surface area contributed by atoms with Crippen molar-refractivity contribution >= 4 is 54.8 Å². The first-order chi connectivity index (χ1) is 16.6. The van der Waals surface area contributed by atoms with E-state index in [0.29, 0.717) is 19.6 Å². The molecule has 0 spiro atoms. The van der Waals surface area contributed by atoms with Crippen molar-refractivity contribution in [3.63, 3.8) is 0 Å². The normalized spacial score (nSPS) is 14.5. The Morgan fingerprint density at radius 1 is 0.971 bits per heavy atom. The van der Waals surface area contributed by atoms with Gasteiger partial charge in [0, 0.05) is 35.6 Å². The zero-order valence-corrected chi connectivity index (χ0v) is 21.6. The number of hydrogen-bond acceptors (Lipinski definition) is 10. The smallest absolute Gasteiger partial charge is 0.245 e. The summed E-state index contributed by atoms with van der Waals surface area (Å²) in [6.45, 7) is 3.18. The summed E-state index contributed by atoms with van der Waals surface area (Å²) in [6.07, 6.45) is 3.32. The Morgan fingerprint density at radius 2 is 1.66 bits per heavy atom. The molecular weight excluding hydrogens is 510 g/mol. The van der Waals surface area contributed by atoms with E-state index in [0.717, 1.165) is 50.2 Å². The van der Waals surface area contributed by atoms with Gasteiger partial charge in [-0.25, -0.2) is 26.8 Å². The van der Waals surface area contributed by atoms with Crippen molar-refractivity contribution in [1.82, 2.24) is 9.97 Å². The van der Waals surface area contributed by atoms with Crippen molar-refractivity contribution in [2.75, 3.05) is 52.7 Å². The Morgan fingerprint density at radius 3 is 2.31 bits per heavy atom. The van der Waals surface area contributed by atoms with Crippen LogP contribution in [0.2, 0.25) is 0 Å². The quantitative estimate of drug-likeness (QED) is 0.431. The highest BCUT2D eigenvalue weighted by atomic mass is 32.3. The van der Waals surface area contributed by atoms with Crippen molar-refractivity contribution in [2.45, 2.75) is 9.92 Å². The molecule has 1 aliphatic rings. The fraction of sp³-hybridized carbons (Fsp3) is 0.273. The number of anilines is 4. The lowest BCUT2D eigenvalue weighted by molar-refractivity contribution is 0.122. The van der Waals surface area contributed by atoms with Crippen LogP contribution >= 0.6 is 11.8 Å². The maximum atomic E-state index is 12.1. The number of ether oxygens (including phenoxy) is 1. The Kier molecular flexibility index (Phi) is 7.50. The van der Waals surface area contributed by atoms with Gasteiger partial charge in [0.05, 0.1) is 31.4 Å². The van der Waals surface area contributed by atoms with Gasteiger partial charge >= 0.3 is 0 Å². The summed E-state index contributed by atoms with van der Waals surface area (Å²) in [4.78, 5) is 11.7. The monoisotopic (exact) mass is 535 g/mol. The van der Waals surface area contributed by atoms with E-state index in [1.807, 2.05) is 24.3 Å². The number of nitrogens with zero attached hydrogens (tertiary/aromatic N) is 4. The van der Waals surface area contributed by atoms with E-state index >= 15 is 0 Å². The van der Waals surface area contributed by atoms with Gasteiger partial charge < -0.3 is 15.0 Å². The fourth-order valence-corrected chi connectivity index (χ4v) is 7.36. The van der Waals surface area contributed by atoms with Gasteiger partial charge in [-0.05, 0) is 48.5 Å². The van der Waals surface area contributed by atoms with E-state index in [4.69, 9.17) is 4.74 Å². The number of morpholine rings is 1. The molecule has 10 nitrogen and oxygen atoms in total. The Labute approximate surface area is 209 Å². The first-order valence-electron chi connectivity index (χ1n) is 10.6. The summed E-state index contributed by atoms with van der Waals surface area (Å²) in [7, 11) is -8.05. The molecular formula is C22H25N5O5S3. The first kappa shape index (κ1) is 25.2. The predicted octanol–water partition coefficient (Wildman–Crippen LogP) is 2.93. The number of rotatable bonds is 8. The molecule has 0 saturated carbocycles. The number of sulfonamides is 2. The van der Waals surface area contributed by atoms with Gasteiger partial charge in [0.25, 0.3) is 0 Å². The van der Waals surface area contributed by atoms with E-state index in [2.05, 4.69) is 20.2 Å². The second kappa shape index (κ2) is 10.4. The molecule has 4 rings (SSSR count). The summed E-state index contributed by atoms with van der Waals surface area (Å²) in [5.74, 6) is 0.402. The predicted molar refractivity (Wildman–Crippen MR) is 138 cm³/mol. The zero-order chi connectivity index (χ0) is 25.1. The van der Waals surface area contributed by atoms with Crippen LogP contribution in [-0.2, 0) is 24.8 Å². The lowest BCUT2D eigenvalue weighted by Crippen LogP contribution is -2.36. The van der Waals surface area contributed by atoms with Crippen LogP contribution in [-0.4, -0.2) is 65.6 Å². The third kappa shape index (κ3) is 6.63. The Bertz CT molecular complexity index is 1360. The third-order valence-corrected chi connectivity index (χ3v) is 9.16. The first-order valence-corrected chi connectivity index (χ1v) is 15.1. The highest BCUT2D eigenvalue weighted by Crippen LogP contribution is 2.31. The van der Waals surface area contributed by atoms with Gasteiger partial charge in [-0.3, -0.25) is 0 Å². The SMILES string of the molecule is CS(=O)(=O)N(c1cccc(Sc2ccnc(Nc3ccc(N4CCOCC4)cc3)n2)c1)S(C)(=O)=O. The average molecular weight is 536 g/mol. The van der Waals surface area contributed by atoms with Crippen LogP contribution in [0.25, 0.3) is 0 Å². The van der Waals surface area contributed by atoms with Crippen molar-refractivity contribution in [1.29, 1.82) is 0 Å². The van der Waals surface area contributed by atoms with E-state index in [9.17, 15) is 16.8 Å². The number of benzene rings is 2. The molecule has 186 valence electrons. The molecule has 1 aromatic heterocycles. The van der Waals surface area contributed by atoms with Crippen LogP contribution in [0.15, 0.2) is 70.7 Å². The fourth-order valence-electron chi connectivity index (χ4n) is 3.58. The van der Waals surface area contributed by atoms with Crippen LogP contribution < -0.4 is 13.9 Å². The molecule has 1 aliphatic heterocycles. The number of hydrogen-bond donors (Lipinski definition) is 1. The lowest BCUT2D eigenvalue weighted by atomic mass is 10.2. The van der Waals surface area contributed by atoms with Crippen molar-refractivity contribution in [2.24, 2.45) is 0 Å². The maximum Gasteiger partial charge on any atom is 0.245 e. The molecule has 1 fully saturated rings. The minimum atomic E-state index is -4.03. The zero-order valence-electron chi connectivity index (χ0n) is 19.2. The van der Waals surface area contributed by atoms with Gasteiger partial charge in [-0.1, -0.05) is 17.8 Å². The van der Waals surface area contributed by atoms with E-state index in [1.165, 1.54) is 23.9 Å². The van der Waals surface area contributed by atoms with Gasteiger partial charge in [0.1, 0.15) is 5.03 Å². The molecule has 0 amide bonds. The second-order valence-corrected chi connectivity index (χ2v) is 12.8. The molecule has 0 atom stereocenters. The average Bonchev–Trinajstić information content (AvgIpc) is 2.79. The van der Waals surface area contributed by atoms with Crippen LogP contribution in [0.5, 0.6) is 0 Å². The minimum absolute atomic E-state index is 0.0350. The second-order valence-electron chi connectivity index (χ2n) is 7.81. The lowest BCUT2D eigenvalue weighted by Gasteiger charge is -2.28. The van der Waals surface area contributed by atoms with Crippen molar-refractivity contribution in [3.05, 3.63) is 60.8 Å².